The summed E-state index contributed by atoms with van der Waals surface area (Å²) in [5, 5.41) is 8.85. The number of rotatable bonds is 4. The van der Waals surface area contributed by atoms with Gasteiger partial charge in [0.15, 0.2) is 0 Å². The van der Waals surface area contributed by atoms with E-state index in [0.717, 1.165) is 6.42 Å². The van der Waals surface area contributed by atoms with Crippen LogP contribution >= 0.6 is 0 Å². The van der Waals surface area contributed by atoms with Crippen LogP contribution in [0.1, 0.15) is 33.1 Å². The minimum atomic E-state index is -0.798. The summed E-state index contributed by atoms with van der Waals surface area (Å²) in [7, 11) is 0. The van der Waals surface area contributed by atoms with E-state index >= 15 is 0 Å². The van der Waals surface area contributed by atoms with Crippen molar-refractivity contribution in [3.05, 3.63) is 0 Å². The molecule has 0 heterocycles. The van der Waals surface area contributed by atoms with Gasteiger partial charge >= 0.3 is 11.9 Å². The summed E-state index contributed by atoms with van der Waals surface area (Å²) in [4.78, 5) is 22.3. The zero-order valence-corrected chi connectivity index (χ0v) is 9.23. The van der Waals surface area contributed by atoms with Crippen molar-refractivity contribution < 1.29 is 19.4 Å². The van der Waals surface area contributed by atoms with Crippen molar-refractivity contribution >= 4 is 11.9 Å². The standard InChI is InChI=1S/C11H18O4/c1-3-4-15-11(14)9-6-8(10(12)13)5-7(9)2/h7-9H,3-6H2,1-2H3,(H,12,13). The van der Waals surface area contributed by atoms with Gasteiger partial charge in [0, 0.05) is 0 Å². The Labute approximate surface area is 89.6 Å². The van der Waals surface area contributed by atoms with Crippen LogP contribution in [-0.4, -0.2) is 23.7 Å². The third-order valence-electron chi connectivity index (χ3n) is 2.98. The Kier molecular flexibility index (Phi) is 4.12. The smallest absolute Gasteiger partial charge is 0.309 e. The molecule has 1 rings (SSSR count). The van der Waals surface area contributed by atoms with Gasteiger partial charge in [-0.05, 0) is 25.2 Å². The largest absolute Gasteiger partial charge is 0.481 e. The predicted octanol–water partition coefficient (Wildman–Crippen LogP) is 1.69. The molecule has 3 atom stereocenters. The second kappa shape index (κ2) is 5.14. The number of carbonyl (C=O) groups is 2. The summed E-state index contributed by atoms with van der Waals surface area (Å²) >= 11 is 0. The summed E-state index contributed by atoms with van der Waals surface area (Å²) < 4.78 is 5.04. The number of esters is 1. The van der Waals surface area contributed by atoms with E-state index in [2.05, 4.69) is 0 Å². The Morgan fingerprint density at radius 1 is 1.40 bits per heavy atom. The molecular weight excluding hydrogens is 196 g/mol. The highest BCUT2D eigenvalue weighted by molar-refractivity contribution is 5.76. The first-order valence-corrected chi connectivity index (χ1v) is 5.45. The van der Waals surface area contributed by atoms with Gasteiger partial charge in [-0.3, -0.25) is 9.59 Å². The van der Waals surface area contributed by atoms with Crippen LogP contribution < -0.4 is 0 Å². The van der Waals surface area contributed by atoms with Gasteiger partial charge in [-0.25, -0.2) is 0 Å². The van der Waals surface area contributed by atoms with E-state index in [0.29, 0.717) is 19.4 Å². The third kappa shape index (κ3) is 2.94. The van der Waals surface area contributed by atoms with Crippen LogP contribution in [-0.2, 0) is 14.3 Å². The number of aliphatic carboxylic acids is 1. The maximum Gasteiger partial charge on any atom is 0.309 e. The van der Waals surface area contributed by atoms with Gasteiger partial charge in [0.2, 0.25) is 0 Å². The van der Waals surface area contributed by atoms with Crippen LogP contribution in [0.5, 0.6) is 0 Å². The molecule has 0 saturated heterocycles. The normalized spacial score (nSPS) is 30.1. The van der Waals surface area contributed by atoms with Gasteiger partial charge in [-0.15, -0.1) is 0 Å². The molecule has 1 fully saturated rings. The molecule has 86 valence electrons. The summed E-state index contributed by atoms with van der Waals surface area (Å²) in [6.07, 6.45) is 1.81. The monoisotopic (exact) mass is 214 g/mol. The van der Waals surface area contributed by atoms with Crippen molar-refractivity contribution in [2.24, 2.45) is 17.8 Å². The van der Waals surface area contributed by atoms with E-state index in [1.807, 2.05) is 13.8 Å². The topological polar surface area (TPSA) is 63.6 Å². The fourth-order valence-corrected chi connectivity index (χ4v) is 2.09. The quantitative estimate of drug-likeness (QED) is 0.723. The van der Waals surface area contributed by atoms with Crippen LogP contribution in [0, 0.1) is 17.8 Å². The molecule has 1 aliphatic carbocycles. The second-order valence-corrected chi connectivity index (χ2v) is 4.26. The Morgan fingerprint density at radius 3 is 2.53 bits per heavy atom. The molecule has 0 aromatic rings. The first-order valence-electron chi connectivity index (χ1n) is 5.45. The molecule has 4 heteroatoms. The molecule has 0 aliphatic heterocycles. The van der Waals surface area contributed by atoms with Gasteiger partial charge in [-0.2, -0.15) is 0 Å². The van der Waals surface area contributed by atoms with Crippen LogP contribution in [0.25, 0.3) is 0 Å². The summed E-state index contributed by atoms with van der Waals surface area (Å²) in [6, 6.07) is 0. The lowest BCUT2D eigenvalue weighted by Crippen LogP contribution is -2.20. The van der Waals surface area contributed by atoms with Crippen LogP contribution in [0.2, 0.25) is 0 Å². The van der Waals surface area contributed by atoms with Gasteiger partial charge in [0.1, 0.15) is 0 Å². The number of hydrogen-bond acceptors (Lipinski definition) is 3. The molecule has 15 heavy (non-hydrogen) atoms. The average molecular weight is 214 g/mol. The molecule has 0 amide bonds. The molecule has 1 N–H and O–H groups in total. The molecule has 0 bridgehead atoms. The molecule has 0 spiro atoms. The molecule has 0 aromatic heterocycles. The Morgan fingerprint density at radius 2 is 2.07 bits per heavy atom. The van der Waals surface area contributed by atoms with E-state index < -0.39 is 5.97 Å². The van der Waals surface area contributed by atoms with E-state index in [1.165, 1.54) is 0 Å². The first-order chi connectivity index (χ1) is 7.06. The van der Waals surface area contributed by atoms with Crippen LogP contribution in [0.3, 0.4) is 0 Å². The average Bonchev–Trinajstić information content (AvgIpc) is 2.57. The third-order valence-corrected chi connectivity index (χ3v) is 2.98. The lowest BCUT2D eigenvalue weighted by molar-refractivity contribution is -0.149. The predicted molar refractivity (Wildman–Crippen MR) is 54.3 cm³/mol. The summed E-state index contributed by atoms with van der Waals surface area (Å²) in [6.45, 7) is 4.28. The Balaban J connectivity index is 2.49. The SMILES string of the molecule is CCCOC(=O)C1CC(C(=O)O)CC1C. The highest BCUT2D eigenvalue weighted by atomic mass is 16.5. The molecule has 1 saturated carbocycles. The highest BCUT2D eigenvalue weighted by Gasteiger charge is 2.40. The summed E-state index contributed by atoms with van der Waals surface area (Å²) in [5.74, 6) is -1.51. The van der Waals surface area contributed by atoms with Gasteiger partial charge in [0.05, 0.1) is 18.4 Å². The molecule has 3 unspecified atom stereocenters. The van der Waals surface area contributed by atoms with Crippen molar-refractivity contribution in [3.8, 4) is 0 Å². The number of ether oxygens (including phenoxy) is 1. The maximum atomic E-state index is 11.6. The van der Waals surface area contributed by atoms with E-state index in [9.17, 15) is 9.59 Å². The van der Waals surface area contributed by atoms with Crippen molar-refractivity contribution in [1.82, 2.24) is 0 Å². The molecule has 0 radical (unpaired) electrons. The lowest BCUT2D eigenvalue weighted by atomic mass is 9.99. The Hall–Kier alpha value is -1.06. The highest BCUT2D eigenvalue weighted by Crippen LogP contribution is 2.36. The fraction of sp³-hybridized carbons (Fsp3) is 0.818. The zero-order chi connectivity index (χ0) is 11.4. The minimum Gasteiger partial charge on any atom is -0.481 e. The van der Waals surface area contributed by atoms with Crippen LogP contribution in [0.4, 0.5) is 0 Å². The summed E-state index contributed by atoms with van der Waals surface area (Å²) in [5.41, 5.74) is 0. The molecular formula is C11H18O4. The Bertz CT molecular complexity index is 249. The van der Waals surface area contributed by atoms with Gasteiger partial charge in [-0.1, -0.05) is 13.8 Å². The van der Waals surface area contributed by atoms with E-state index in [4.69, 9.17) is 9.84 Å². The zero-order valence-electron chi connectivity index (χ0n) is 9.23. The molecule has 0 aromatic carbocycles. The molecule has 4 nitrogen and oxygen atoms in total. The fourth-order valence-electron chi connectivity index (χ4n) is 2.09. The van der Waals surface area contributed by atoms with E-state index in [1.54, 1.807) is 0 Å². The van der Waals surface area contributed by atoms with Crippen molar-refractivity contribution in [3.63, 3.8) is 0 Å². The second-order valence-electron chi connectivity index (χ2n) is 4.26. The van der Waals surface area contributed by atoms with Gasteiger partial charge in [0.25, 0.3) is 0 Å². The number of carboxylic acid groups (broad SMARTS) is 1. The van der Waals surface area contributed by atoms with Crippen molar-refractivity contribution in [2.45, 2.75) is 33.1 Å². The lowest BCUT2D eigenvalue weighted by Gasteiger charge is -2.13. The van der Waals surface area contributed by atoms with Crippen LogP contribution in [0.15, 0.2) is 0 Å². The molecule has 1 aliphatic rings. The number of hydrogen-bond donors (Lipinski definition) is 1. The first kappa shape index (κ1) is 12.0. The van der Waals surface area contributed by atoms with E-state index in [-0.39, 0.29) is 23.7 Å². The van der Waals surface area contributed by atoms with Gasteiger partial charge < -0.3 is 9.84 Å². The minimum absolute atomic E-state index is 0.121. The van der Waals surface area contributed by atoms with Crippen molar-refractivity contribution in [2.75, 3.05) is 6.61 Å². The number of carboxylic acids is 1. The van der Waals surface area contributed by atoms with Crippen molar-refractivity contribution in [1.29, 1.82) is 0 Å². The number of carbonyl (C=O) groups excluding carboxylic acids is 1. The maximum absolute atomic E-state index is 11.6.